The van der Waals surface area contributed by atoms with Crippen molar-refractivity contribution < 1.29 is 9.53 Å². The fraction of sp³-hybridized carbons (Fsp3) is 0.708. The zero-order valence-corrected chi connectivity index (χ0v) is 18.8. The summed E-state index contributed by atoms with van der Waals surface area (Å²) in [7, 11) is 0. The summed E-state index contributed by atoms with van der Waals surface area (Å²) >= 11 is 3.47. The van der Waals surface area contributed by atoms with Crippen molar-refractivity contribution in [2.24, 2.45) is 17.8 Å². The van der Waals surface area contributed by atoms with Crippen molar-refractivity contribution in [3.63, 3.8) is 0 Å². The van der Waals surface area contributed by atoms with Gasteiger partial charge in [-0.3, -0.25) is 0 Å². The Labute approximate surface area is 182 Å². The number of carbonyl (C=O) groups excluding carboxylic acids is 1. The molecule has 4 bridgehead atoms. The van der Waals surface area contributed by atoms with E-state index in [0.29, 0.717) is 12.7 Å². The van der Waals surface area contributed by atoms with Crippen LogP contribution in [0.4, 0.5) is 4.79 Å². The fourth-order valence-electron chi connectivity index (χ4n) is 6.89. The summed E-state index contributed by atoms with van der Waals surface area (Å²) in [6.07, 6.45) is 12.3. The van der Waals surface area contributed by atoms with Crippen molar-refractivity contribution >= 4 is 22.0 Å². The number of urea groups is 1. The fourth-order valence-corrected chi connectivity index (χ4v) is 7.16. The highest BCUT2D eigenvalue weighted by atomic mass is 79.9. The normalized spacial score (nSPS) is 38.0. The van der Waals surface area contributed by atoms with Crippen molar-refractivity contribution in [3.8, 4) is 0 Å². The van der Waals surface area contributed by atoms with Crippen molar-refractivity contribution in [1.82, 2.24) is 10.6 Å². The van der Waals surface area contributed by atoms with Gasteiger partial charge in [0.05, 0.1) is 12.7 Å². The molecule has 0 aromatic heterocycles. The van der Waals surface area contributed by atoms with Crippen molar-refractivity contribution in [2.75, 3.05) is 0 Å². The van der Waals surface area contributed by atoms with Crippen LogP contribution < -0.4 is 10.6 Å². The molecule has 158 valence electrons. The SMILES string of the molecule is O=C(NC12CC3CC(CC(C3)C1)C2)N[C@H]1CC[C@H](OCc2ccc(Br)cc2)CC1. The van der Waals surface area contributed by atoms with Crippen LogP contribution >= 0.6 is 15.9 Å². The molecule has 1 aromatic rings. The minimum absolute atomic E-state index is 0.0752. The molecule has 0 radical (unpaired) electrons. The predicted octanol–water partition coefficient (Wildman–Crippen LogP) is 5.54. The number of nitrogens with one attached hydrogen (secondary N) is 2. The molecule has 0 spiro atoms. The first-order valence-corrected chi connectivity index (χ1v) is 12.3. The van der Waals surface area contributed by atoms with Crippen molar-refractivity contribution in [3.05, 3.63) is 34.3 Å². The standard InChI is InChI=1S/C24H33BrN2O2/c25-20-3-1-16(2-4-20)15-29-22-7-5-21(6-8-22)26-23(28)27-24-12-17-9-18(13-24)11-19(10-17)14-24/h1-4,17-19,21-22H,5-15H2,(H2,26,27,28)/t17?,18?,19?,21-,22-,24?. The Morgan fingerprint density at radius 3 is 2.14 bits per heavy atom. The van der Waals surface area contributed by atoms with Gasteiger partial charge >= 0.3 is 6.03 Å². The van der Waals surface area contributed by atoms with Gasteiger partial charge in [-0.05, 0) is 99.7 Å². The van der Waals surface area contributed by atoms with Gasteiger partial charge in [0.15, 0.2) is 0 Å². The van der Waals surface area contributed by atoms with Crippen molar-refractivity contribution in [2.45, 2.75) is 88.5 Å². The largest absolute Gasteiger partial charge is 0.374 e. The first-order valence-electron chi connectivity index (χ1n) is 11.5. The third-order valence-corrected chi connectivity index (χ3v) is 8.35. The Bertz CT molecular complexity index is 692. The minimum atomic E-state index is 0.0752. The second-order valence-corrected chi connectivity index (χ2v) is 11.1. The molecule has 2 amide bonds. The monoisotopic (exact) mass is 460 g/mol. The topological polar surface area (TPSA) is 50.4 Å². The quantitative estimate of drug-likeness (QED) is 0.605. The molecule has 0 unspecified atom stereocenters. The number of benzene rings is 1. The molecular weight excluding hydrogens is 428 g/mol. The van der Waals surface area contributed by atoms with E-state index >= 15 is 0 Å². The first kappa shape index (κ1) is 19.9. The molecule has 4 nitrogen and oxygen atoms in total. The summed E-state index contributed by atoms with van der Waals surface area (Å²) in [6, 6.07) is 8.68. The lowest BCUT2D eigenvalue weighted by Crippen LogP contribution is -2.62. The summed E-state index contributed by atoms with van der Waals surface area (Å²) in [5, 5.41) is 6.73. The summed E-state index contributed by atoms with van der Waals surface area (Å²) < 4.78 is 7.21. The van der Waals surface area contributed by atoms with E-state index in [1.807, 2.05) is 0 Å². The molecule has 1 aromatic carbocycles. The number of ether oxygens (including phenoxy) is 1. The highest BCUT2D eigenvalue weighted by Crippen LogP contribution is 2.55. The highest BCUT2D eigenvalue weighted by molar-refractivity contribution is 9.10. The second kappa shape index (κ2) is 8.22. The van der Waals surface area contributed by atoms with E-state index in [0.717, 1.165) is 47.9 Å². The molecule has 5 fully saturated rings. The number of hydrogen-bond donors (Lipinski definition) is 2. The van der Waals surface area contributed by atoms with Gasteiger partial charge in [-0.15, -0.1) is 0 Å². The van der Waals surface area contributed by atoms with Gasteiger partial charge in [0, 0.05) is 16.1 Å². The number of carbonyl (C=O) groups is 1. The van der Waals surface area contributed by atoms with Crippen LogP contribution in [0.3, 0.4) is 0 Å². The van der Waals surface area contributed by atoms with Gasteiger partial charge in [0.2, 0.25) is 0 Å². The van der Waals surface area contributed by atoms with Crippen molar-refractivity contribution in [1.29, 1.82) is 0 Å². The molecule has 0 saturated heterocycles. The average Bonchev–Trinajstić information content (AvgIpc) is 2.67. The lowest BCUT2D eigenvalue weighted by Gasteiger charge is -2.56. The van der Waals surface area contributed by atoms with Crippen LogP contribution in [0.1, 0.15) is 69.8 Å². The van der Waals surface area contributed by atoms with Gasteiger partial charge in [-0.1, -0.05) is 28.1 Å². The predicted molar refractivity (Wildman–Crippen MR) is 118 cm³/mol. The highest BCUT2D eigenvalue weighted by Gasteiger charge is 2.51. The van der Waals surface area contributed by atoms with Gasteiger partial charge in [-0.2, -0.15) is 0 Å². The molecule has 5 heteroatoms. The third kappa shape index (κ3) is 4.66. The first-order chi connectivity index (χ1) is 14.1. The maximum absolute atomic E-state index is 12.8. The van der Waals surface area contributed by atoms with Crippen LogP contribution in [0.5, 0.6) is 0 Å². The second-order valence-electron chi connectivity index (χ2n) is 10.2. The molecular formula is C24H33BrN2O2. The zero-order valence-electron chi connectivity index (χ0n) is 17.2. The van der Waals surface area contributed by atoms with Crippen LogP contribution in [0.15, 0.2) is 28.7 Å². The molecule has 29 heavy (non-hydrogen) atoms. The third-order valence-electron chi connectivity index (χ3n) is 7.83. The number of rotatable bonds is 5. The molecule has 6 rings (SSSR count). The van der Waals surface area contributed by atoms with Crippen LogP contribution in [0.25, 0.3) is 0 Å². The Balaban J connectivity index is 1.05. The van der Waals surface area contributed by atoms with E-state index < -0.39 is 0 Å². The van der Waals surface area contributed by atoms with E-state index in [1.165, 1.54) is 44.1 Å². The van der Waals surface area contributed by atoms with Gasteiger partial charge < -0.3 is 15.4 Å². The van der Waals surface area contributed by atoms with Crippen LogP contribution in [0, 0.1) is 17.8 Å². The molecule has 5 aliphatic rings. The Hall–Kier alpha value is -1.07. The summed E-state index contributed by atoms with van der Waals surface area (Å²) in [5.74, 6) is 2.58. The van der Waals surface area contributed by atoms with Crippen LogP contribution in [0.2, 0.25) is 0 Å². The van der Waals surface area contributed by atoms with Crippen LogP contribution in [-0.2, 0) is 11.3 Å². The van der Waals surface area contributed by atoms with Crippen LogP contribution in [-0.4, -0.2) is 23.7 Å². The molecule has 0 atom stereocenters. The number of halogens is 1. The van der Waals surface area contributed by atoms with E-state index in [-0.39, 0.29) is 17.6 Å². The molecule has 0 heterocycles. The van der Waals surface area contributed by atoms with Gasteiger partial charge in [0.1, 0.15) is 0 Å². The maximum Gasteiger partial charge on any atom is 0.315 e. The zero-order chi connectivity index (χ0) is 19.8. The minimum Gasteiger partial charge on any atom is -0.374 e. The smallest absolute Gasteiger partial charge is 0.315 e. The lowest BCUT2D eigenvalue weighted by molar-refractivity contribution is -0.0142. The molecule has 5 saturated carbocycles. The van der Waals surface area contributed by atoms with E-state index in [1.54, 1.807) is 0 Å². The van der Waals surface area contributed by atoms with E-state index in [4.69, 9.17) is 4.74 Å². The molecule has 2 N–H and O–H groups in total. The summed E-state index contributed by atoms with van der Waals surface area (Å²) in [4.78, 5) is 12.8. The van der Waals surface area contributed by atoms with Gasteiger partial charge in [-0.25, -0.2) is 4.79 Å². The number of hydrogen-bond acceptors (Lipinski definition) is 2. The Morgan fingerprint density at radius 2 is 1.55 bits per heavy atom. The van der Waals surface area contributed by atoms with Gasteiger partial charge in [0.25, 0.3) is 0 Å². The molecule has 5 aliphatic carbocycles. The maximum atomic E-state index is 12.8. The molecule has 0 aliphatic heterocycles. The van der Waals surface area contributed by atoms with E-state index in [2.05, 4.69) is 50.8 Å². The number of amides is 2. The average molecular weight is 461 g/mol. The Morgan fingerprint density at radius 1 is 0.966 bits per heavy atom. The summed E-state index contributed by atoms with van der Waals surface area (Å²) in [5.41, 5.74) is 1.31. The van der Waals surface area contributed by atoms with E-state index in [9.17, 15) is 4.79 Å². The summed E-state index contributed by atoms with van der Waals surface area (Å²) in [6.45, 7) is 0.669. The Kier molecular flexibility index (Phi) is 5.63. The lowest BCUT2D eigenvalue weighted by atomic mass is 9.53.